The van der Waals surface area contributed by atoms with E-state index in [-0.39, 0.29) is 5.97 Å². The molecule has 8 nitrogen and oxygen atoms in total. The lowest BCUT2D eigenvalue weighted by atomic mass is 10.2. The predicted molar refractivity (Wildman–Crippen MR) is 95.2 cm³/mol. The van der Waals surface area contributed by atoms with Gasteiger partial charge in [-0.25, -0.2) is 14.3 Å². The molecular weight excluding hydrogens is 332 g/mol. The average Bonchev–Trinajstić information content (AvgIpc) is 3.18. The Morgan fingerprint density at radius 1 is 1.31 bits per heavy atom. The van der Waals surface area contributed by atoms with Gasteiger partial charge in [0.25, 0.3) is 5.78 Å². The average molecular weight is 346 g/mol. The number of nitrogens with zero attached hydrogens (tertiary/aromatic N) is 4. The van der Waals surface area contributed by atoms with Gasteiger partial charge in [-0.2, -0.15) is 10.2 Å². The second-order valence-electron chi connectivity index (χ2n) is 5.56. The van der Waals surface area contributed by atoms with Gasteiger partial charge in [-0.05, 0) is 43.3 Å². The minimum absolute atomic E-state index is 0.324. The highest BCUT2D eigenvalue weighted by Gasteiger charge is 2.13. The fourth-order valence-corrected chi connectivity index (χ4v) is 2.68. The molecule has 0 atom stereocenters. The molecule has 0 radical (unpaired) electrons. The topological polar surface area (TPSA) is 108 Å². The summed E-state index contributed by atoms with van der Waals surface area (Å²) >= 11 is 0. The van der Waals surface area contributed by atoms with Crippen molar-refractivity contribution >= 4 is 34.4 Å². The standard InChI is InChI=1S/C18H14N6O2/c1-2-26-16(25)12-6-7-15-14(9-12)21-18-22-17(23-24(15)18)20-13-5-3-4-11(8-13)10-19/h3-9H,2H2,1H3,(H2,20,21,22,23). The van der Waals surface area contributed by atoms with Crippen molar-refractivity contribution in [2.45, 2.75) is 6.92 Å². The molecule has 2 aromatic carbocycles. The zero-order valence-electron chi connectivity index (χ0n) is 13.9. The Hall–Kier alpha value is -3.86. The summed E-state index contributed by atoms with van der Waals surface area (Å²) in [6.07, 6.45) is 0. The number of anilines is 2. The van der Waals surface area contributed by atoms with Crippen molar-refractivity contribution in [2.24, 2.45) is 0 Å². The number of fused-ring (bicyclic) bond motifs is 3. The highest BCUT2D eigenvalue weighted by Crippen LogP contribution is 2.20. The second kappa shape index (κ2) is 6.22. The zero-order valence-corrected chi connectivity index (χ0v) is 13.9. The summed E-state index contributed by atoms with van der Waals surface area (Å²) < 4.78 is 6.73. The molecule has 0 saturated carbocycles. The molecule has 0 unspecified atom stereocenters. The molecule has 4 aromatic rings. The molecule has 0 bridgehead atoms. The number of carbonyl (C=O) groups excluding carboxylic acids is 1. The molecule has 26 heavy (non-hydrogen) atoms. The summed E-state index contributed by atoms with van der Waals surface area (Å²) in [7, 11) is 0. The van der Waals surface area contributed by atoms with E-state index in [9.17, 15) is 4.79 Å². The van der Waals surface area contributed by atoms with Crippen LogP contribution in [0, 0.1) is 11.3 Å². The smallest absolute Gasteiger partial charge is 0.338 e. The van der Waals surface area contributed by atoms with Gasteiger partial charge in [0.1, 0.15) is 0 Å². The maximum Gasteiger partial charge on any atom is 0.338 e. The van der Waals surface area contributed by atoms with Gasteiger partial charge in [0, 0.05) is 5.69 Å². The van der Waals surface area contributed by atoms with Crippen LogP contribution in [0.4, 0.5) is 11.6 Å². The third-order valence-electron chi connectivity index (χ3n) is 3.83. The lowest BCUT2D eigenvalue weighted by Crippen LogP contribution is -2.04. The van der Waals surface area contributed by atoms with Crippen molar-refractivity contribution in [2.75, 3.05) is 11.9 Å². The molecule has 0 saturated heterocycles. The molecule has 0 amide bonds. The van der Waals surface area contributed by atoms with E-state index in [0.29, 0.717) is 35.0 Å². The molecule has 4 rings (SSSR count). The highest BCUT2D eigenvalue weighted by atomic mass is 16.5. The summed E-state index contributed by atoms with van der Waals surface area (Å²) in [6, 6.07) is 14.4. The number of hydrogen-bond acceptors (Lipinski definition) is 6. The minimum atomic E-state index is -0.376. The van der Waals surface area contributed by atoms with Crippen molar-refractivity contribution < 1.29 is 9.53 Å². The maximum absolute atomic E-state index is 11.8. The molecule has 0 aliphatic rings. The van der Waals surface area contributed by atoms with Gasteiger partial charge in [0.15, 0.2) is 0 Å². The van der Waals surface area contributed by atoms with Gasteiger partial charge >= 0.3 is 5.97 Å². The zero-order chi connectivity index (χ0) is 18.1. The first kappa shape index (κ1) is 15.7. The van der Waals surface area contributed by atoms with Crippen LogP contribution in [-0.4, -0.2) is 32.2 Å². The molecule has 0 aliphatic heterocycles. The Bertz CT molecular complexity index is 1170. The van der Waals surface area contributed by atoms with E-state index in [4.69, 9.17) is 10.00 Å². The van der Waals surface area contributed by atoms with E-state index < -0.39 is 0 Å². The summed E-state index contributed by atoms with van der Waals surface area (Å²) in [4.78, 5) is 20.7. The number of benzene rings is 2. The SMILES string of the molecule is CCOC(=O)c1ccc2c(c1)nc1nc(Nc3cccc(C#N)c3)[nH]n12. The fraction of sp³-hybridized carbons (Fsp3) is 0.111. The summed E-state index contributed by atoms with van der Waals surface area (Å²) in [6.45, 7) is 2.09. The second-order valence-corrected chi connectivity index (χ2v) is 5.56. The number of carbonyl (C=O) groups is 1. The quantitative estimate of drug-likeness (QED) is 0.550. The molecule has 0 aliphatic carbocycles. The molecular formula is C18H14N6O2. The molecule has 8 heteroatoms. The lowest BCUT2D eigenvalue weighted by molar-refractivity contribution is 0.0526. The van der Waals surface area contributed by atoms with E-state index in [1.165, 1.54) is 0 Å². The summed E-state index contributed by atoms with van der Waals surface area (Å²) in [5, 5.41) is 15.2. The van der Waals surface area contributed by atoms with Gasteiger partial charge < -0.3 is 10.1 Å². The molecule has 2 N–H and O–H groups in total. The third-order valence-corrected chi connectivity index (χ3v) is 3.83. The van der Waals surface area contributed by atoms with Crippen molar-refractivity contribution in [1.82, 2.24) is 19.6 Å². The van der Waals surface area contributed by atoms with Crippen LogP contribution in [0.15, 0.2) is 42.5 Å². The monoisotopic (exact) mass is 346 g/mol. The van der Waals surface area contributed by atoms with Gasteiger partial charge in [-0.3, -0.25) is 5.10 Å². The molecule has 2 heterocycles. The number of rotatable bonds is 4. The van der Waals surface area contributed by atoms with Crippen LogP contribution in [0.1, 0.15) is 22.8 Å². The van der Waals surface area contributed by atoms with Crippen molar-refractivity contribution in [1.29, 1.82) is 5.26 Å². The van der Waals surface area contributed by atoms with E-state index in [1.54, 1.807) is 47.8 Å². The van der Waals surface area contributed by atoms with Crippen LogP contribution >= 0.6 is 0 Å². The highest BCUT2D eigenvalue weighted by molar-refractivity contribution is 5.94. The molecule has 0 fully saturated rings. The normalized spacial score (nSPS) is 10.8. The summed E-state index contributed by atoms with van der Waals surface area (Å²) in [5.74, 6) is 0.595. The first-order chi connectivity index (χ1) is 12.7. The van der Waals surface area contributed by atoms with Gasteiger partial charge in [-0.1, -0.05) is 6.07 Å². The largest absolute Gasteiger partial charge is 0.462 e. The number of ether oxygens (including phenoxy) is 1. The van der Waals surface area contributed by atoms with Gasteiger partial charge in [0.2, 0.25) is 5.95 Å². The molecule has 128 valence electrons. The number of nitriles is 1. The van der Waals surface area contributed by atoms with E-state index >= 15 is 0 Å². The summed E-state index contributed by atoms with van der Waals surface area (Å²) in [5.41, 5.74) is 3.19. The van der Waals surface area contributed by atoms with Crippen LogP contribution in [-0.2, 0) is 4.74 Å². The Balaban J connectivity index is 1.67. The molecule has 0 spiro atoms. The van der Waals surface area contributed by atoms with Crippen molar-refractivity contribution in [3.63, 3.8) is 0 Å². The third kappa shape index (κ3) is 2.71. The Kier molecular flexibility index (Phi) is 3.74. The van der Waals surface area contributed by atoms with Crippen LogP contribution in [0.2, 0.25) is 0 Å². The number of aromatic nitrogens is 4. The van der Waals surface area contributed by atoms with Crippen LogP contribution in [0.5, 0.6) is 0 Å². The number of hydrogen-bond donors (Lipinski definition) is 2. The Morgan fingerprint density at radius 3 is 3.00 bits per heavy atom. The van der Waals surface area contributed by atoms with Crippen LogP contribution < -0.4 is 5.32 Å². The number of H-pyrrole nitrogens is 1. The first-order valence-electron chi connectivity index (χ1n) is 8.00. The Labute approximate surface area is 148 Å². The number of aromatic amines is 1. The lowest BCUT2D eigenvalue weighted by Gasteiger charge is -2.02. The van der Waals surface area contributed by atoms with E-state index in [2.05, 4.69) is 26.5 Å². The predicted octanol–water partition coefficient (Wildman–Crippen LogP) is 3.00. The number of nitrogens with one attached hydrogen (secondary N) is 2. The van der Waals surface area contributed by atoms with Gasteiger partial charge in [0.05, 0.1) is 34.8 Å². The maximum atomic E-state index is 11.8. The molecule has 2 aromatic heterocycles. The number of esters is 1. The van der Waals surface area contributed by atoms with Gasteiger partial charge in [-0.15, -0.1) is 0 Å². The van der Waals surface area contributed by atoms with Crippen molar-refractivity contribution in [3.05, 3.63) is 53.6 Å². The fourth-order valence-electron chi connectivity index (χ4n) is 2.68. The Morgan fingerprint density at radius 2 is 2.19 bits per heavy atom. The number of imidazole rings is 1. The first-order valence-corrected chi connectivity index (χ1v) is 8.00. The van der Waals surface area contributed by atoms with Crippen LogP contribution in [0.25, 0.3) is 16.8 Å². The van der Waals surface area contributed by atoms with Crippen molar-refractivity contribution in [3.8, 4) is 6.07 Å². The van der Waals surface area contributed by atoms with E-state index in [1.807, 2.05) is 6.07 Å². The van der Waals surface area contributed by atoms with Crippen LogP contribution in [0.3, 0.4) is 0 Å². The van der Waals surface area contributed by atoms with E-state index in [0.717, 1.165) is 11.2 Å². The minimum Gasteiger partial charge on any atom is -0.462 e.